The highest BCUT2D eigenvalue weighted by molar-refractivity contribution is 6.24. The van der Waals surface area contributed by atoms with E-state index in [0.29, 0.717) is 12.2 Å². The van der Waals surface area contributed by atoms with E-state index in [-0.39, 0.29) is 17.7 Å². The fourth-order valence-electron chi connectivity index (χ4n) is 3.81. The normalized spacial score (nSPS) is 15.7. The van der Waals surface area contributed by atoms with Crippen LogP contribution in [0.2, 0.25) is 0 Å². The van der Waals surface area contributed by atoms with Crippen molar-refractivity contribution in [2.45, 2.75) is 32.2 Å². The molecule has 1 aromatic carbocycles. The van der Waals surface area contributed by atoms with Crippen LogP contribution in [0.5, 0.6) is 0 Å². The molecule has 0 N–H and O–H groups in total. The van der Waals surface area contributed by atoms with Gasteiger partial charge in [0, 0.05) is 11.8 Å². The Bertz CT molecular complexity index is 1060. The second-order valence-electron chi connectivity index (χ2n) is 7.15. The molecule has 1 aromatic heterocycles. The monoisotopic (exact) mass is 409 g/mol. The fourth-order valence-corrected chi connectivity index (χ4v) is 3.81. The number of carbonyl (C=O) groups excluding carboxylic acids is 3. The van der Waals surface area contributed by atoms with Crippen molar-refractivity contribution in [3.05, 3.63) is 75.4 Å². The third kappa shape index (κ3) is 3.49. The maximum Gasteiger partial charge on any atom is 0.282 e. The van der Waals surface area contributed by atoms with Crippen LogP contribution in [0.3, 0.4) is 0 Å². The molecule has 4 rings (SSSR count). The summed E-state index contributed by atoms with van der Waals surface area (Å²) in [5.41, 5.74) is 0.0553. The van der Waals surface area contributed by atoms with Gasteiger partial charge in [-0.2, -0.15) is 0 Å². The maximum absolute atomic E-state index is 13.1. The molecule has 154 valence electrons. The first kappa shape index (κ1) is 19.6. The highest BCUT2D eigenvalue weighted by Gasteiger charge is 2.42. The molecule has 9 nitrogen and oxygen atoms in total. The van der Waals surface area contributed by atoms with E-state index in [0.717, 1.165) is 29.9 Å². The van der Waals surface area contributed by atoms with Crippen molar-refractivity contribution in [2.75, 3.05) is 6.54 Å². The summed E-state index contributed by atoms with van der Waals surface area (Å²) in [7, 11) is 0. The summed E-state index contributed by atoms with van der Waals surface area (Å²) >= 11 is 0. The van der Waals surface area contributed by atoms with Gasteiger partial charge in [0.15, 0.2) is 0 Å². The molecule has 0 atom stereocenters. The number of hydrogen-bond acceptors (Lipinski definition) is 6. The maximum atomic E-state index is 13.1. The van der Waals surface area contributed by atoms with E-state index in [4.69, 9.17) is 4.42 Å². The van der Waals surface area contributed by atoms with E-state index >= 15 is 0 Å². The number of rotatable bonds is 6. The van der Waals surface area contributed by atoms with Gasteiger partial charge in [0.1, 0.15) is 17.9 Å². The van der Waals surface area contributed by atoms with E-state index in [1.807, 2.05) is 6.08 Å². The van der Waals surface area contributed by atoms with Crippen LogP contribution in [0.15, 0.2) is 52.8 Å². The number of hydrogen-bond donors (Lipinski definition) is 0. The lowest BCUT2D eigenvalue weighted by atomic mass is 10.0. The largest absolute Gasteiger partial charge is 0.467 e. The lowest BCUT2D eigenvalue weighted by Crippen LogP contribution is -2.42. The van der Waals surface area contributed by atoms with E-state index in [1.54, 1.807) is 12.1 Å². The van der Waals surface area contributed by atoms with Gasteiger partial charge in [-0.3, -0.25) is 29.4 Å². The summed E-state index contributed by atoms with van der Waals surface area (Å²) in [5, 5.41) is 11.3. The number of allylic oxidation sites excluding steroid dienone is 2. The van der Waals surface area contributed by atoms with Crippen molar-refractivity contribution in [3.8, 4) is 0 Å². The van der Waals surface area contributed by atoms with Crippen LogP contribution in [0, 0.1) is 10.1 Å². The van der Waals surface area contributed by atoms with Gasteiger partial charge in [-0.15, -0.1) is 0 Å². The molecule has 0 fully saturated rings. The first-order valence-electron chi connectivity index (χ1n) is 9.62. The average molecular weight is 409 g/mol. The molecule has 3 amide bonds. The van der Waals surface area contributed by atoms with Gasteiger partial charge in [0.25, 0.3) is 17.5 Å². The number of nitro groups is 1. The Morgan fingerprint density at radius 1 is 1.17 bits per heavy atom. The molecule has 0 bridgehead atoms. The number of benzene rings is 1. The molecule has 30 heavy (non-hydrogen) atoms. The van der Waals surface area contributed by atoms with Gasteiger partial charge in [0.2, 0.25) is 5.91 Å². The summed E-state index contributed by atoms with van der Waals surface area (Å²) in [6, 6.07) is 7.35. The molecule has 2 aliphatic rings. The number of imide groups is 1. The van der Waals surface area contributed by atoms with Gasteiger partial charge in [-0.25, -0.2) is 0 Å². The van der Waals surface area contributed by atoms with Crippen molar-refractivity contribution in [3.63, 3.8) is 0 Å². The average Bonchev–Trinajstić information content (AvgIpc) is 3.35. The molecule has 2 heterocycles. The summed E-state index contributed by atoms with van der Waals surface area (Å²) < 4.78 is 5.37. The molecule has 1 aliphatic heterocycles. The quantitative estimate of drug-likeness (QED) is 0.411. The zero-order valence-corrected chi connectivity index (χ0v) is 16.1. The number of furan rings is 1. The molecule has 1 aliphatic carbocycles. The van der Waals surface area contributed by atoms with E-state index < -0.39 is 34.9 Å². The lowest BCUT2D eigenvalue weighted by Gasteiger charge is -2.28. The third-order valence-corrected chi connectivity index (χ3v) is 5.28. The summed E-state index contributed by atoms with van der Waals surface area (Å²) in [5.74, 6) is -1.40. The van der Waals surface area contributed by atoms with Crippen molar-refractivity contribution < 1.29 is 23.7 Å². The number of carbonyl (C=O) groups is 3. The third-order valence-electron chi connectivity index (χ3n) is 5.28. The molecule has 0 radical (unpaired) electrons. The Kier molecular flexibility index (Phi) is 5.18. The number of amides is 3. The number of nitro benzene ring substituents is 1. The minimum absolute atomic E-state index is 0.0588. The van der Waals surface area contributed by atoms with Crippen LogP contribution < -0.4 is 0 Å². The van der Waals surface area contributed by atoms with Crippen LogP contribution in [0.25, 0.3) is 0 Å². The Balaban J connectivity index is 1.60. The minimum atomic E-state index is -0.828. The van der Waals surface area contributed by atoms with Gasteiger partial charge >= 0.3 is 0 Å². The van der Waals surface area contributed by atoms with Crippen LogP contribution >= 0.6 is 0 Å². The summed E-state index contributed by atoms with van der Waals surface area (Å²) in [6.07, 6.45) is 7.02. The predicted molar refractivity (Wildman–Crippen MR) is 104 cm³/mol. The Labute approximate surface area is 171 Å². The predicted octanol–water partition coefficient (Wildman–Crippen LogP) is 3.27. The van der Waals surface area contributed by atoms with Crippen LogP contribution in [0.1, 0.15) is 52.2 Å². The molecular weight excluding hydrogens is 390 g/mol. The number of nitrogens with zero attached hydrogens (tertiary/aromatic N) is 3. The van der Waals surface area contributed by atoms with Crippen molar-refractivity contribution in [1.82, 2.24) is 9.80 Å². The molecule has 9 heteroatoms. The van der Waals surface area contributed by atoms with Crippen LogP contribution in [0.4, 0.5) is 5.69 Å². The zero-order chi connectivity index (χ0) is 21.3. The standard InChI is InChI=1S/C21H19N3O6/c25-18(22(12-15-8-5-11-30-15)14-6-2-1-3-7-14)13-23-20(26)16-9-4-10-17(24(28)29)19(16)21(23)27/h4-6,8-11H,1-3,7,12-13H2. The van der Waals surface area contributed by atoms with Gasteiger partial charge < -0.3 is 9.32 Å². The molecule has 0 unspecified atom stereocenters. The highest BCUT2D eigenvalue weighted by atomic mass is 16.6. The van der Waals surface area contributed by atoms with Gasteiger partial charge in [-0.05, 0) is 43.9 Å². The van der Waals surface area contributed by atoms with E-state index in [2.05, 4.69) is 0 Å². The minimum Gasteiger partial charge on any atom is -0.467 e. The smallest absolute Gasteiger partial charge is 0.282 e. The van der Waals surface area contributed by atoms with Crippen molar-refractivity contribution >= 4 is 23.4 Å². The second-order valence-corrected chi connectivity index (χ2v) is 7.15. The summed E-state index contributed by atoms with van der Waals surface area (Å²) in [4.78, 5) is 51.5. The highest BCUT2D eigenvalue weighted by Crippen LogP contribution is 2.31. The molecule has 2 aromatic rings. The Morgan fingerprint density at radius 3 is 2.67 bits per heavy atom. The molecule has 0 spiro atoms. The number of fused-ring (bicyclic) bond motifs is 1. The Morgan fingerprint density at radius 2 is 2.00 bits per heavy atom. The van der Waals surface area contributed by atoms with Gasteiger partial charge in [0.05, 0.1) is 23.3 Å². The van der Waals surface area contributed by atoms with E-state index in [1.165, 1.54) is 29.4 Å². The van der Waals surface area contributed by atoms with Crippen molar-refractivity contribution in [1.29, 1.82) is 0 Å². The SMILES string of the molecule is O=C(CN1C(=O)c2cccc([N+](=O)[O-])c2C1=O)N(Cc1ccco1)C1=CCCCC1. The zero-order valence-electron chi connectivity index (χ0n) is 16.1. The van der Waals surface area contributed by atoms with Crippen LogP contribution in [-0.2, 0) is 11.3 Å². The van der Waals surface area contributed by atoms with E-state index in [9.17, 15) is 24.5 Å². The van der Waals surface area contributed by atoms with Crippen molar-refractivity contribution in [2.24, 2.45) is 0 Å². The molecule has 0 saturated carbocycles. The first-order chi connectivity index (χ1) is 14.5. The van der Waals surface area contributed by atoms with Gasteiger partial charge in [-0.1, -0.05) is 12.1 Å². The topological polar surface area (TPSA) is 114 Å². The lowest BCUT2D eigenvalue weighted by molar-refractivity contribution is -0.385. The fraction of sp³-hybridized carbons (Fsp3) is 0.286. The molecular formula is C21H19N3O6. The molecule has 0 saturated heterocycles. The Hall–Kier alpha value is -3.75. The van der Waals surface area contributed by atoms with Crippen LogP contribution in [-0.4, -0.2) is 39.0 Å². The summed E-state index contributed by atoms with van der Waals surface area (Å²) in [6.45, 7) is -0.317. The second kappa shape index (κ2) is 7.94. The first-order valence-corrected chi connectivity index (χ1v) is 9.62.